The van der Waals surface area contributed by atoms with Crippen LogP contribution in [0.2, 0.25) is 0 Å². The van der Waals surface area contributed by atoms with Crippen LogP contribution in [0.5, 0.6) is 5.75 Å². The summed E-state index contributed by atoms with van der Waals surface area (Å²) in [5.41, 5.74) is 2.05. The minimum atomic E-state index is -0.759. The van der Waals surface area contributed by atoms with Crippen LogP contribution in [0.25, 0.3) is 11.4 Å². The van der Waals surface area contributed by atoms with Crippen LogP contribution < -0.4 is 4.74 Å². The molecular formula is C26H36N2O4. The number of hydrogen-bond acceptors (Lipinski definition) is 6. The molecule has 1 atom stereocenters. The van der Waals surface area contributed by atoms with Gasteiger partial charge in [-0.2, -0.15) is 0 Å². The van der Waals surface area contributed by atoms with Gasteiger partial charge in [-0.05, 0) is 56.5 Å². The molecule has 2 heterocycles. The lowest BCUT2D eigenvalue weighted by atomic mass is 10.1. The van der Waals surface area contributed by atoms with Gasteiger partial charge < -0.3 is 14.2 Å². The van der Waals surface area contributed by atoms with E-state index < -0.39 is 17.9 Å². The molecule has 0 saturated carbocycles. The van der Waals surface area contributed by atoms with E-state index in [0.717, 1.165) is 12.0 Å². The zero-order valence-electron chi connectivity index (χ0n) is 19.6. The summed E-state index contributed by atoms with van der Waals surface area (Å²) in [4.78, 5) is 21.3. The highest BCUT2D eigenvalue weighted by molar-refractivity contribution is 5.77. The number of carbonyl (C=O) groups excluding carboxylic acids is 1. The van der Waals surface area contributed by atoms with Crippen LogP contribution in [0.1, 0.15) is 77.7 Å². The molecule has 0 radical (unpaired) electrons. The molecule has 1 aromatic carbocycles. The highest BCUT2D eigenvalue weighted by atomic mass is 16.8. The summed E-state index contributed by atoms with van der Waals surface area (Å²) in [6.07, 6.45) is 14.7. The first-order valence-electron chi connectivity index (χ1n) is 11.9. The van der Waals surface area contributed by atoms with Gasteiger partial charge in [-0.3, -0.25) is 0 Å². The topological polar surface area (TPSA) is 70.5 Å². The number of hydrogen-bond donors (Lipinski definition) is 0. The molecule has 1 saturated heterocycles. The van der Waals surface area contributed by atoms with Crippen LogP contribution in [0, 0.1) is 0 Å². The zero-order chi connectivity index (χ0) is 22.8. The molecule has 2 aromatic rings. The lowest BCUT2D eigenvalue weighted by molar-refractivity contribution is -0.162. The molecule has 0 amide bonds. The molecule has 0 unspecified atom stereocenters. The van der Waals surface area contributed by atoms with Gasteiger partial charge in [0.05, 0.1) is 6.61 Å². The van der Waals surface area contributed by atoms with E-state index in [1.807, 2.05) is 24.5 Å². The zero-order valence-corrected chi connectivity index (χ0v) is 19.6. The lowest BCUT2D eigenvalue weighted by Crippen LogP contribution is -2.30. The van der Waals surface area contributed by atoms with Gasteiger partial charge in [-0.25, -0.2) is 14.8 Å². The molecule has 174 valence electrons. The molecule has 1 aromatic heterocycles. The summed E-state index contributed by atoms with van der Waals surface area (Å²) in [6.45, 7) is 6.00. The fourth-order valence-electron chi connectivity index (χ4n) is 3.75. The normalized spacial score (nSPS) is 17.4. The third kappa shape index (κ3) is 7.68. The molecule has 0 bridgehead atoms. The number of aromatic nitrogens is 2. The van der Waals surface area contributed by atoms with Crippen molar-refractivity contribution in [3.63, 3.8) is 0 Å². The fourth-order valence-corrected chi connectivity index (χ4v) is 3.75. The number of unbranched alkanes of at least 4 members (excludes halogenated alkanes) is 7. The second kappa shape index (κ2) is 12.1. The van der Waals surface area contributed by atoms with Gasteiger partial charge in [0.25, 0.3) is 0 Å². The van der Waals surface area contributed by atoms with Gasteiger partial charge >= 0.3 is 5.97 Å². The van der Waals surface area contributed by atoms with E-state index in [2.05, 4.69) is 16.9 Å². The van der Waals surface area contributed by atoms with Crippen molar-refractivity contribution in [3.8, 4) is 17.1 Å². The van der Waals surface area contributed by atoms with Gasteiger partial charge in [-0.1, -0.05) is 51.9 Å². The SMILES string of the molecule is CCCCCCCCCCc1cnc(-c2ccc(OC(=O)[C@H]3COC(C)(C)O3)cc2)nc1. The van der Waals surface area contributed by atoms with E-state index >= 15 is 0 Å². The molecule has 6 nitrogen and oxygen atoms in total. The number of benzene rings is 1. The molecule has 1 fully saturated rings. The monoisotopic (exact) mass is 440 g/mol. The minimum absolute atomic E-state index is 0.197. The van der Waals surface area contributed by atoms with Crippen molar-refractivity contribution < 1.29 is 19.0 Å². The summed E-state index contributed by atoms with van der Waals surface area (Å²) in [5, 5.41) is 0. The van der Waals surface area contributed by atoms with E-state index in [0.29, 0.717) is 11.6 Å². The molecule has 3 rings (SSSR count). The second-order valence-electron chi connectivity index (χ2n) is 8.90. The third-order valence-corrected chi connectivity index (χ3v) is 5.63. The van der Waals surface area contributed by atoms with Crippen molar-refractivity contribution in [2.75, 3.05) is 6.61 Å². The number of carbonyl (C=O) groups is 1. The Morgan fingerprint density at radius 1 is 1.00 bits per heavy atom. The minimum Gasteiger partial charge on any atom is -0.425 e. The number of aryl methyl sites for hydroxylation is 1. The van der Waals surface area contributed by atoms with Gasteiger partial charge in [0.2, 0.25) is 0 Å². The Labute approximate surface area is 191 Å². The van der Waals surface area contributed by atoms with E-state index in [4.69, 9.17) is 14.2 Å². The molecule has 0 spiro atoms. The van der Waals surface area contributed by atoms with Gasteiger partial charge in [0.15, 0.2) is 17.7 Å². The maximum atomic E-state index is 12.2. The smallest absolute Gasteiger partial charge is 0.343 e. The first kappa shape index (κ1) is 24.3. The van der Waals surface area contributed by atoms with Crippen LogP contribution in [0.15, 0.2) is 36.7 Å². The maximum absolute atomic E-state index is 12.2. The van der Waals surface area contributed by atoms with Gasteiger partial charge in [-0.15, -0.1) is 0 Å². The number of esters is 1. The Kier molecular flexibility index (Phi) is 9.18. The lowest BCUT2D eigenvalue weighted by Gasteiger charge is -2.16. The van der Waals surface area contributed by atoms with E-state index in [1.54, 1.807) is 26.0 Å². The number of ether oxygens (including phenoxy) is 3. The summed E-state index contributed by atoms with van der Waals surface area (Å²) >= 11 is 0. The molecule has 1 aliphatic rings. The molecule has 32 heavy (non-hydrogen) atoms. The van der Waals surface area contributed by atoms with Crippen LogP contribution in [-0.4, -0.2) is 34.4 Å². The van der Waals surface area contributed by atoms with E-state index in [1.165, 1.54) is 56.9 Å². The first-order valence-corrected chi connectivity index (χ1v) is 11.9. The van der Waals surface area contributed by atoms with Gasteiger partial charge in [0, 0.05) is 18.0 Å². The first-order chi connectivity index (χ1) is 15.5. The van der Waals surface area contributed by atoms with Gasteiger partial charge in [0.1, 0.15) is 5.75 Å². The highest BCUT2D eigenvalue weighted by Crippen LogP contribution is 2.25. The quantitative estimate of drug-likeness (QED) is 0.233. The predicted octanol–water partition coefficient (Wildman–Crippen LogP) is 5.88. The summed E-state index contributed by atoms with van der Waals surface area (Å²) < 4.78 is 16.4. The molecule has 6 heteroatoms. The Morgan fingerprint density at radius 3 is 2.22 bits per heavy atom. The standard InChI is InChI=1S/C26H36N2O4/c1-4-5-6-7-8-9-10-11-12-20-17-27-24(28-18-20)21-13-15-22(16-14-21)31-25(29)23-19-30-26(2,3)32-23/h13-18,23H,4-12,19H2,1-3H3/t23-/m1/s1. The van der Waals surface area contributed by atoms with Crippen molar-refractivity contribution in [1.82, 2.24) is 9.97 Å². The molecule has 0 aliphatic carbocycles. The van der Waals surface area contributed by atoms with Crippen LogP contribution >= 0.6 is 0 Å². The second-order valence-corrected chi connectivity index (χ2v) is 8.90. The van der Waals surface area contributed by atoms with Crippen molar-refractivity contribution in [2.24, 2.45) is 0 Å². The van der Waals surface area contributed by atoms with Crippen molar-refractivity contribution >= 4 is 5.97 Å². The fraction of sp³-hybridized carbons (Fsp3) is 0.577. The van der Waals surface area contributed by atoms with Crippen molar-refractivity contribution in [1.29, 1.82) is 0 Å². The predicted molar refractivity (Wildman–Crippen MR) is 124 cm³/mol. The number of nitrogens with zero attached hydrogens (tertiary/aromatic N) is 2. The van der Waals surface area contributed by atoms with E-state index in [9.17, 15) is 4.79 Å². The van der Waals surface area contributed by atoms with Crippen LogP contribution in [0.3, 0.4) is 0 Å². The Bertz CT molecular complexity index is 834. The Balaban J connectivity index is 1.41. The van der Waals surface area contributed by atoms with Crippen molar-refractivity contribution in [2.45, 2.75) is 90.4 Å². The van der Waals surface area contributed by atoms with Crippen LogP contribution in [0.4, 0.5) is 0 Å². The third-order valence-electron chi connectivity index (χ3n) is 5.63. The summed E-state index contributed by atoms with van der Waals surface area (Å²) in [7, 11) is 0. The molecule has 0 N–H and O–H groups in total. The largest absolute Gasteiger partial charge is 0.425 e. The van der Waals surface area contributed by atoms with Crippen molar-refractivity contribution in [3.05, 3.63) is 42.2 Å². The summed E-state index contributed by atoms with van der Waals surface area (Å²) in [5.74, 6) is -0.0919. The average molecular weight is 441 g/mol. The highest BCUT2D eigenvalue weighted by Gasteiger charge is 2.38. The average Bonchev–Trinajstić information content (AvgIpc) is 3.16. The van der Waals surface area contributed by atoms with Crippen LogP contribution in [-0.2, 0) is 20.7 Å². The molecule has 1 aliphatic heterocycles. The number of rotatable bonds is 12. The Hall–Kier alpha value is -2.31. The summed E-state index contributed by atoms with van der Waals surface area (Å²) in [6, 6.07) is 7.19. The molecular weight excluding hydrogens is 404 g/mol. The Morgan fingerprint density at radius 2 is 1.62 bits per heavy atom. The maximum Gasteiger partial charge on any atom is 0.343 e. The van der Waals surface area contributed by atoms with E-state index in [-0.39, 0.29) is 6.61 Å².